The highest BCUT2D eigenvalue weighted by atomic mass is 16.2. The van der Waals surface area contributed by atoms with Crippen molar-refractivity contribution in [2.45, 2.75) is 32.5 Å². The Morgan fingerprint density at radius 2 is 1.89 bits per heavy atom. The van der Waals surface area contributed by atoms with Gasteiger partial charge in [0.1, 0.15) is 0 Å². The molecule has 2 atom stereocenters. The molecule has 0 spiro atoms. The summed E-state index contributed by atoms with van der Waals surface area (Å²) >= 11 is 0. The third-order valence-electron chi connectivity index (χ3n) is 3.13. The molecule has 2 unspecified atom stereocenters. The van der Waals surface area contributed by atoms with E-state index < -0.39 is 0 Å². The van der Waals surface area contributed by atoms with Crippen LogP contribution >= 0.6 is 0 Å². The molecule has 1 aliphatic heterocycles. The second kappa shape index (κ2) is 5.87. The third kappa shape index (κ3) is 3.47. The van der Waals surface area contributed by atoms with Crippen molar-refractivity contribution in [1.82, 2.24) is 15.5 Å². The number of nitrogens with one attached hydrogen (secondary N) is 2. The molecule has 2 amide bonds. The van der Waals surface area contributed by atoms with Gasteiger partial charge in [-0.15, -0.1) is 0 Å². The second-order valence-corrected chi connectivity index (χ2v) is 5.02. The van der Waals surface area contributed by atoms with E-state index in [-0.39, 0.29) is 6.03 Å². The van der Waals surface area contributed by atoms with Crippen LogP contribution in [0.3, 0.4) is 0 Å². The minimum absolute atomic E-state index is 0.0269. The number of rotatable bonds is 2. The summed E-state index contributed by atoms with van der Waals surface area (Å²) in [7, 11) is 0. The molecule has 1 aromatic rings. The van der Waals surface area contributed by atoms with E-state index >= 15 is 0 Å². The first-order valence-corrected chi connectivity index (χ1v) is 6.48. The predicted octanol–water partition coefficient (Wildman–Crippen LogP) is 1.58. The number of hydrogen-bond acceptors (Lipinski definition) is 2. The van der Waals surface area contributed by atoms with Crippen LogP contribution in [-0.2, 0) is 6.54 Å². The molecule has 2 N–H and O–H groups in total. The lowest BCUT2D eigenvalue weighted by molar-refractivity contribution is 0.164. The monoisotopic (exact) mass is 247 g/mol. The van der Waals surface area contributed by atoms with E-state index in [0.29, 0.717) is 18.6 Å². The van der Waals surface area contributed by atoms with Gasteiger partial charge in [0.25, 0.3) is 0 Å². The van der Waals surface area contributed by atoms with E-state index in [0.717, 1.165) is 18.7 Å². The first-order valence-electron chi connectivity index (χ1n) is 6.48. The van der Waals surface area contributed by atoms with E-state index in [1.54, 1.807) is 0 Å². The van der Waals surface area contributed by atoms with Crippen LogP contribution in [0.25, 0.3) is 0 Å². The number of urea groups is 1. The topological polar surface area (TPSA) is 44.4 Å². The zero-order chi connectivity index (χ0) is 13.0. The van der Waals surface area contributed by atoms with Gasteiger partial charge in [0.15, 0.2) is 0 Å². The summed E-state index contributed by atoms with van der Waals surface area (Å²) in [4.78, 5) is 13.9. The average Bonchev–Trinajstić information content (AvgIpc) is 2.36. The minimum atomic E-state index is 0.0269. The van der Waals surface area contributed by atoms with Gasteiger partial charge in [0, 0.05) is 31.7 Å². The van der Waals surface area contributed by atoms with Crippen molar-refractivity contribution in [1.29, 1.82) is 0 Å². The number of carbonyl (C=O) groups excluding carboxylic acids is 1. The lowest BCUT2D eigenvalue weighted by Gasteiger charge is -2.36. The molecule has 2 rings (SSSR count). The number of benzene rings is 1. The first-order chi connectivity index (χ1) is 8.65. The first kappa shape index (κ1) is 12.9. The largest absolute Gasteiger partial charge is 0.334 e. The van der Waals surface area contributed by atoms with Crippen molar-refractivity contribution >= 4 is 6.03 Å². The highest BCUT2D eigenvalue weighted by molar-refractivity contribution is 5.74. The van der Waals surface area contributed by atoms with Crippen molar-refractivity contribution in [3.63, 3.8) is 0 Å². The van der Waals surface area contributed by atoms with Crippen LogP contribution in [0.2, 0.25) is 0 Å². The fourth-order valence-electron chi connectivity index (χ4n) is 2.38. The standard InChI is InChI=1S/C14H21N3O/c1-11-9-17(10-12(2)16-11)14(18)15-8-13-6-4-3-5-7-13/h3-7,11-12,16H,8-10H2,1-2H3,(H,15,18). The molecule has 0 radical (unpaired) electrons. The number of piperazine rings is 1. The van der Waals surface area contributed by atoms with Gasteiger partial charge in [-0.05, 0) is 19.4 Å². The zero-order valence-electron chi connectivity index (χ0n) is 11.0. The van der Waals surface area contributed by atoms with E-state index in [1.807, 2.05) is 35.2 Å². The molecule has 98 valence electrons. The maximum Gasteiger partial charge on any atom is 0.317 e. The van der Waals surface area contributed by atoms with Crippen LogP contribution in [0.15, 0.2) is 30.3 Å². The Labute approximate surface area is 108 Å². The van der Waals surface area contributed by atoms with Crippen molar-refractivity contribution in [2.24, 2.45) is 0 Å². The quantitative estimate of drug-likeness (QED) is 0.833. The molecular formula is C14H21N3O. The number of amides is 2. The van der Waals surface area contributed by atoms with Gasteiger partial charge in [-0.1, -0.05) is 30.3 Å². The zero-order valence-corrected chi connectivity index (χ0v) is 11.0. The van der Waals surface area contributed by atoms with Crippen LogP contribution in [0, 0.1) is 0 Å². The van der Waals surface area contributed by atoms with Gasteiger partial charge < -0.3 is 15.5 Å². The average molecular weight is 247 g/mol. The molecule has 1 saturated heterocycles. The van der Waals surface area contributed by atoms with Crippen LogP contribution < -0.4 is 10.6 Å². The minimum Gasteiger partial charge on any atom is -0.334 e. The highest BCUT2D eigenvalue weighted by Gasteiger charge is 2.24. The molecular weight excluding hydrogens is 226 g/mol. The van der Waals surface area contributed by atoms with Gasteiger partial charge in [-0.25, -0.2) is 4.79 Å². The number of nitrogens with zero attached hydrogens (tertiary/aromatic N) is 1. The Bertz CT molecular complexity index is 383. The fourth-order valence-corrected chi connectivity index (χ4v) is 2.38. The van der Waals surface area contributed by atoms with Crippen LogP contribution in [0.5, 0.6) is 0 Å². The lowest BCUT2D eigenvalue weighted by Crippen LogP contribution is -2.57. The van der Waals surface area contributed by atoms with E-state index in [2.05, 4.69) is 24.5 Å². The maximum absolute atomic E-state index is 12.0. The summed E-state index contributed by atoms with van der Waals surface area (Å²) in [5, 5.41) is 6.39. The number of carbonyl (C=O) groups is 1. The van der Waals surface area contributed by atoms with Gasteiger partial charge in [0.2, 0.25) is 0 Å². The van der Waals surface area contributed by atoms with Crippen molar-refractivity contribution in [3.8, 4) is 0 Å². The molecule has 1 aromatic carbocycles. The second-order valence-electron chi connectivity index (χ2n) is 5.02. The van der Waals surface area contributed by atoms with Gasteiger partial charge in [-0.3, -0.25) is 0 Å². The summed E-state index contributed by atoms with van der Waals surface area (Å²) in [6, 6.07) is 10.7. The molecule has 1 heterocycles. The number of hydrogen-bond donors (Lipinski definition) is 2. The smallest absolute Gasteiger partial charge is 0.317 e. The molecule has 0 aromatic heterocycles. The van der Waals surface area contributed by atoms with Crippen molar-refractivity contribution in [2.75, 3.05) is 13.1 Å². The van der Waals surface area contributed by atoms with E-state index in [1.165, 1.54) is 0 Å². The molecule has 1 fully saturated rings. The summed E-state index contributed by atoms with van der Waals surface area (Å²) in [5.41, 5.74) is 1.13. The Balaban J connectivity index is 1.84. The summed E-state index contributed by atoms with van der Waals surface area (Å²) in [6.07, 6.45) is 0. The molecule has 1 aliphatic rings. The normalized spacial score (nSPS) is 23.8. The summed E-state index contributed by atoms with van der Waals surface area (Å²) in [5.74, 6) is 0. The third-order valence-corrected chi connectivity index (χ3v) is 3.13. The van der Waals surface area contributed by atoms with Crippen molar-refractivity contribution in [3.05, 3.63) is 35.9 Å². The molecule has 0 bridgehead atoms. The van der Waals surface area contributed by atoms with Gasteiger partial charge in [-0.2, -0.15) is 0 Å². The molecule has 4 heteroatoms. The van der Waals surface area contributed by atoms with Gasteiger partial charge in [0.05, 0.1) is 0 Å². The van der Waals surface area contributed by atoms with Crippen LogP contribution in [0.4, 0.5) is 4.79 Å². The Hall–Kier alpha value is -1.55. The predicted molar refractivity (Wildman–Crippen MR) is 72.3 cm³/mol. The Morgan fingerprint density at radius 3 is 2.50 bits per heavy atom. The fraction of sp³-hybridized carbons (Fsp3) is 0.500. The SMILES string of the molecule is CC1CN(C(=O)NCc2ccccc2)CC(C)N1. The Morgan fingerprint density at radius 1 is 1.28 bits per heavy atom. The van der Waals surface area contributed by atoms with Crippen LogP contribution in [-0.4, -0.2) is 36.1 Å². The van der Waals surface area contributed by atoms with Crippen LogP contribution in [0.1, 0.15) is 19.4 Å². The maximum atomic E-state index is 12.0. The highest BCUT2D eigenvalue weighted by Crippen LogP contribution is 2.05. The van der Waals surface area contributed by atoms with Gasteiger partial charge >= 0.3 is 6.03 Å². The van der Waals surface area contributed by atoms with E-state index in [9.17, 15) is 4.79 Å². The van der Waals surface area contributed by atoms with E-state index in [4.69, 9.17) is 0 Å². The summed E-state index contributed by atoms with van der Waals surface area (Å²) in [6.45, 7) is 6.34. The molecule has 4 nitrogen and oxygen atoms in total. The lowest BCUT2D eigenvalue weighted by atomic mass is 10.1. The Kier molecular flexibility index (Phi) is 4.20. The molecule has 18 heavy (non-hydrogen) atoms. The summed E-state index contributed by atoms with van der Waals surface area (Å²) < 4.78 is 0. The molecule has 0 aliphatic carbocycles. The molecule has 0 saturated carbocycles. The van der Waals surface area contributed by atoms with Crippen molar-refractivity contribution < 1.29 is 4.79 Å².